The first kappa shape index (κ1) is 13.3. The molecule has 2 rings (SSSR count). The number of ether oxygens (including phenoxy) is 2. The normalized spacial score (nSPS) is 10.5. The van der Waals surface area contributed by atoms with Crippen molar-refractivity contribution in [1.29, 1.82) is 0 Å². The second-order valence-corrected chi connectivity index (χ2v) is 4.28. The van der Waals surface area contributed by atoms with Gasteiger partial charge in [0, 0.05) is 6.54 Å². The summed E-state index contributed by atoms with van der Waals surface area (Å²) in [6.45, 7) is 4.72. The van der Waals surface area contributed by atoms with Crippen molar-refractivity contribution >= 4 is 5.69 Å². The Morgan fingerprint density at radius 2 is 1.95 bits per heavy atom. The molecule has 0 saturated carbocycles. The second kappa shape index (κ2) is 5.65. The number of aryl methyl sites for hydroxylation is 2. The highest BCUT2D eigenvalue weighted by molar-refractivity contribution is 5.55. The summed E-state index contributed by atoms with van der Waals surface area (Å²) in [7, 11) is 1.61. The molecular formula is C14H19N3O2. The van der Waals surface area contributed by atoms with Gasteiger partial charge >= 0.3 is 0 Å². The number of para-hydroxylation sites is 2. The van der Waals surface area contributed by atoms with E-state index in [9.17, 15) is 0 Å². The molecule has 0 spiro atoms. The number of methoxy groups -OCH3 is 1. The SMILES string of the molecule is CCCn1nc(C)c(N)c1Oc1ccccc1OC. The van der Waals surface area contributed by atoms with E-state index in [1.807, 2.05) is 31.2 Å². The van der Waals surface area contributed by atoms with Crippen molar-refractivity contribution in [2.75, 3.05) is 12.8 Å². The Morgan fingerprint density at radius 1 is 1.26 bits per heavy atom. The van der Waals surface area contributed by atoms with Gasteiger partial charge in [-0.2, -0.15) is 5.10 Å². The molecule has 0 aliphatic rings. The summed E-state index contributed by atoms with van der Waals surface area (Å²) in [4.78, 5) is 0. The van der Waals surface area contributed by atoms with E-state index in [4.69, 9.17) is 15.2 Å². The fourth-order valence-electron chi connectivity index (χ4n) is 1.85. The van der Waals surface area contributed by atoms with Gasteiger partial charge in [0.2, 0.25) is 5.88 Å². The molecule has 1 aromatic carbocycles. The van der Waals surface area contributed by atoms with Crippen LogP contribution in [0.2, 0.25) is 0 Å². The number of aromatic nitrogens is 2. The number of nitrogen functional groups attached to an aromatic ring is 1. The third-order valence-corrected chi connectivity index (χ3v) is 2.84. The van der Waals surface area contributed by atoms with Crippen LogP contribution in [0.3, 0.4) is 0 Å². The number of anilines is 1. The van der Waals surface area contributed by atoms with Crippen LogP contribution in [0.4, 0.5) is 5.69 Å². The number of benzene rings is 1. The Labute approximate surface area is 112 Å². The molecule has 0 unspecified atom stereocenters. The Morgan fingerprint density at radius 3 is 2.58 bits per heavy atom. The number of nitrogens with zero attached hydrogens (tertiary/aromatic N) is 2. The molecule has 0 saturated heterocycles. The predicted octanol–water partition coefficient (Wildman–Crippen LogP) is 2.98. The summed E-state index contributed by atoms with van der Waals surface area (Å²) in [5.74, 6) is 1.88. The van der Waals surface area contributed by atoms with Crippen molar-refractivity contribution in [2.45, 2.75) is 26.8 Å². The van der Waals surface area contributed by atoms with Gasteiger partial charge in [-0.05, 0) is 25.5 Å². The van der Waals surface area contributed by atoms with Crippen molar-refractivity contribution in [3.63, 3.8) is 0 Å². The first-order chi connectivity index (χ1) is 9.17. The number of hydrogen-bond donors (Lipinski definition) is 1. The van der Waals surface area contributed by atoms with E-state index in [0.717, 1.165) is 18.7 Å². The summed E-state index contributed by atoms with van der Waals surface area (Å²) >= 11 is 0. The molecule has 2 aromatic rings. The maximum Gasteiger partial charge on any atom is 0.241 e. The van der Waals surface area contributed by atoms with Crippen LogP contribution in [0.25, 0.3) is 0 Å². The first-order valence-corrected chi connectivity index (χ1v) is 6.31. The van der Waals surface area contributed by atoms with Crippen LogP contribution in [-0.4, -0.2) is 16.9 Å². The van der Waals surface area contributed by atoms with Crippen molar-refractivity contribution in [2.24, 2.45) is 0 Å². The standard InChI is InChI=1S/C14H19N3O2/c1-4-9-17-14(13(15)10(2)16-17)19-12-8-6-5-7-11(12)18-3/h5-8H,4,9,15H2,1-3H3. The monoisotopic (exact) mass is 261 g/mol. The summed E-state index contributed by atoms with van der Waals surface area (Å²) in [6, 6.07) is 7.47. The summed E-state index contributed by atoms with van der Waals surface area (Å²) < 4.78 is 12.9. The van der Waals surface area contributed by atoms with Gasteiger partial charge in [-0.15, -0.1) is 0 Å². The zero-order chi connectivity index (χ0) is 13.8. The molecule has 0 fully saturated rings. The highest BCUT2D eigenvalue weighted by atomic mass is 16.5. The zero-order valence-corrected chi connectivity index (χ0v) is 11.5. The summed E-state index contributed by atoms with van der Waals surface area (Å²) in [5.41, 5.74) is 7.37. The fraction of sp³-hybridized carbons (Fsp3) is 0.357. The molecule has 0 aliphatic heterocycles. The molecule has 5 nitrogen and oxygen atoms in total. The van der Waals surface area contributed by atoms with E-state index in [1.165, 1.54) is 0 Å². The van der Waals surface area contributed by atoms with Crippen LogP contribution < -0.4 is 15.2 Å². The maximum absolute atomic E-state index is 6.02. The van der Waals surface area contributed by atoms with Gasteiger partial charge in [-0.3, -0.25) is 0 Å². The maximum atomic E-state index is 6.02. The van der Waals surface area contributed by atoms with Gasteiger partial charge in [0.25, 0.3) is 0 Å². The average molecular weight is 261 g/mol. The minimum atomic E-state index is 0.569. The fourth-order valence-corrected chi connectivity index (χ4v) is 1.85. The van der Waals surface area contributed by atoms with E-state index < -0.39 is 0 Å². The highest BCUT2D eigenvalue weighted by Gasteiger charge is 2.16. The van der Waals surface area contributed by atoms with Crippen molar-refractivity contribution in [3.8, 4) is 17.4 Å². The Kier molecular flexibility index (Phi) is 3.94. The van der Waals surface area contributed by atoms with Crippen molar-refractivity contribution in [1.82, 2.24) is 9.78 Å². The average Bonchev–Trinajstić information content (AvgIpc) is 2.68. The van der Waals surface area contributed by atoms with Gasteiger partial charge in [0.1, 0.15) is 5.69 Å². The van der Waals surface area contributed by atoms with Crippen LogP contribution in [0.5, 0.6) is 17.4 Å². The molecule has 5 heteroatoms. The minimum absolute atomic E-state index is 0.569. The predicted molar refractivity (Wildman–Crippen MR) is 74.7 cm³/mol. The van der Waals surface area contributed by atoms with Crippen LogP contribution in [-0.2, 0) is 6.54 Å². The topological polar surface area (TPSA) is 62.3 Å². The third-order valence-electron chi connectivity index (χ3n) is 2.84. The lowest BCUT2D eigenvalue weighted by Gasteiger charge is -2.11. The molecule has 1 aromatic heterocycles. The second-order valence-electron chi connectivity index (χ2n) is 4.28. The summed E-state index contributed by atoms with van der Waals surface area (Å²) in [6.07, 6.45) is 0.961. The molecule has 0 aliphatic carbocycles. The van der Waals surface area contributed by atoms with E-state index in [-0.39, 0.29) is 0 Å². The van der Waals surface area contributed by atoms with Crippen LogP contribution in [0, 0.1) is 6.92 Å². The van der Waals surface area contributed by atoms with Gasteiger partial charge in [-0.25, -0.2) is 4.68 Å². The molecule has 1 heterocycles. The molecule has 0 amide bonds. The van der Waals surface area contributed by atoms with E-state index in [0.29, 0.717) is 23.1 Å². The molecule has 2 N–H and O–H groups in total. The minimum Gasteiger partial charge on any atom is -0.493 e. The molecule has 102 valence electrons. The van der Waals surface area contributed by atoms with Gasteiger partial charge < -0.3 is 15.2 Å². The number of rotatable bonds is 5. The third kappa shape index (κ3) is 2.65. The van der Waals surface area contributed by atoms with Gasteiger partial charge in [0.05, 0.1) is 12.8 Å². The van der Waals surface area contributed by atoms with E-state index in [2.05, 4.69) is 12.0 Å². The van der Waals surface area contributed by atoms with E-state index in [1.54, 1.807) is 11.8 Å². The lowest BCUT2D eigenvalue weighted by molar-refractivity contribution is 0.360. The van der Waals surface area contributed by atoms with E-state index >= 15 is 0 Å². The first-order valence-electron chi connectivity index (χ1n) is 6.31. The van der Waals surface area contributed by atoms with Crippen LogP contribution in [0.15, 0.2) is 24.3 Å². The van der Waals surface area contributed by atoms with Crippen LogP contribution in [0.1, 0.15) is 19.0 Å². The number of nitrogens with two attached hydrogens (primary N) is 1. The zero-order valence-electron chi connectivity index (χ0n) is 11.5. The molecule has 0 bridgehead atoms. The molecule has 19 heavy (non-hydrogen) atoms. The lowest BCUT2D eigenvalue weighted by atomic mass is 10.3. The van der Waals surface area contributed by atoms with Gasteiger partial charge in [0.15, 0.2) is 11.5 Å². The van der Waals surface area contributed by atoms with Gasteiger partial charge in [-0.1, -0.05) is 19.1 Å². The Bertz CT molecular complexity index is 564. The summed E-state index contributed by atoms with van der Waals surface area (Å²) in [5, 5.41) is 4.38. The van der Waals surface area contributed by atoms with Crippen molar-refractivity contribution in [3.05, 3.63) is 30.0 Å². The Hall–Kier alpha value is -2.17. The molecule has 0 atom stereocenters. The molecule has 0 radical (unpaired) electrons. The van der Waals surface area contributed by atoms with Crippen LogP contribution >= 0.6 is 0 Å². The van der Waals surface area contributed by atoms with Crippen molar-refractivity contribution < 1.29 is 9.47 Å². The largest absolute Gasteiger partial charge is 0.493 e. The number of hydrogen-bond acceptors (Lipinski definition) is 4. The Balaban J connectivity index is 2.37. The smallest absolute Gasteiger partial charge is 0.241 e. The highest BCUT2D eigenvalue weighted by Crippen LogP contribution is 2.35. The quantitative estimate of drug-likeness (QED) is 0.898. The molecular weight excluding hydrogens is 242 g/mol. The lowest BCUT2D eigenvalue weighted by Crippen LogP contribution is -2.03.